The summed E-state index contributed by atoms with van der Waals surface area (Å²) in [5.74, 6) is -0.257. The summed E-state index contributed by atoms with van der Waals surface area (Å²) in [7, 11) is 0. The number of nitriles is 1. The van der Waals surface area contributed by atoms with Crippen LogP contribution in [0.5, 0.6) is 0 Å². The van der Waals surface area contributed by atoms with E-state index >= 15 is 0 Å². The highest BCUT2D eigenvalue weighted by molar-refractivity contribution is 9.10. The molecule has 0 atom stereocenters. The molecule has 2 aromatic carbocycles. The molecule has 5 heteroatoms. The Morgan fingerprint density at radius 2 is 2.05 bits per heavy atom. The molecule has 0 unspecified atom stereocenters. The Hall–Kier alpha value is -1.83. The fourth-order valence-electron chi connectivity index (χ4n) is 1.51. The number of carbonyl (C=O) groups is 1. The van der Waals surface area contributed by atoms with Gasteiger partial charge in [-0.25, -0.2) is 0 Å². The van der Waals surface area contributed by atoms with Crippen molar-refractivity contribution in [3.63, 3.8) is 0 Å². The van der Waals surface area contributed by atoms with E-state index in [0.717, 1.165) is 0 Å². The molecule has 0 aliphatic rings. The third kappa shape index (κ3) is 3.34. The van der Waals surface area contributed by atoms with E-state index < -0.39 is 0 Å². The first kappa shape index (κ1) is 13.6. The third-order valence-corrected chi connectivity index (χ3v) is 3.65. The van der Waals surface area contributed by atoms with Crippen molar-refractivity contribution in [2.75, 3.05) is 5.32 Å². The van der Waals surface area contributed by atoms with Gasteiger partial charge in [0.2, 0.25) is 0 Å². The maximum atomic E-state index is 12.0. The second-order valence-corrected chi connectivity index (χ2v) is 5.04. The Kier molecular flexibility index (Phi) is 4.20. The summed E-state index contributed by atoms with van der Waals surface area (Å²) in [6.07, 6.45) is 0. The number of amides is 1. The van der Waals surface area contributed by atoms with Crippen LogP contribution in [0.1, 0.15) is 15.9 Å². The molecule has 3 nitrogen and oxygen atoms in total. The zero-order valence-electron chi connectivity index (χ0n) is 9.65. The molecule has 2 rings (SSSR count). The van der Waals surface area contributed by atoms with Crippen molar-refractivity contribution in [3.8, 4) is 6.07 Å². The quantitative estimate of drug-likeness (QED) is 0.893. The molecular weight excluding hydrogens is 328 g/mol. The van der Waals surface area contributed by atoms with Crippen LogP contribution < -0.4 is 5.32 Å². The van der Waals surface area contributed by atoms with Crippen LogP contribution in [0.25, 0.3) is 0 Å². The number of benzene rings is 2. The molecule has 0 saturated carbocycles. The van der Waals surface area contributed by atoms with Crippen LogP contribution in [-0.2, 0) is 0 Å². The third-order valence-electron chi connectivity index (χ3n) is 2.43. The summed E-state index contributed by atoms with van der Waals surface area (Å²) in [5.41, 5.74) is 1.56. The Labute approximate surface area is 123 Å². The molecule has 2 aromatic rings. The minimum atomic E-state index is -0.257. The van der Waals surface area contributed by atoms with E-state index in [4.69, 9.17) is 16.9 Å². The van der Waals surface area contributed by atoms with E-state index in [1.165, 1.54) is 0 Å². The average Bonchev–Trinajstić information content (AvgIpc) is 2.42. The molecule has 0 saturated heterocycles. The molecule has 0 heterocycles. The maximum Gasteiger partial charge on any atom is 0.255 e. The summed E-state index contributed by atoms with van der Waals surface area (Å²) in [5, 5.41) is 12.1. The predicted molar refractivity (Wildman–Crippen MR) is 78.3 cm³/mol. The molecule has 1 amide bonds. The smallest absolute Gasteiger partial charge is 0.255 e. The van der Waals surface area contributed by atoms with E-state index in [2.05, 4.69) is 21.2 Å². The largest absolute Gasteiger partial charge is 0.322 e. The predicted octanol–water partition coefficient (Wildman–Crippen LogP) is 4.23. The highest BCUT2D eigenvalue weighted by Gasteiger charge is 2.08. The van der Waals surface area contributed by atoms with Crippen molar-refractivity contribution < 1.29 is 4.79 Å². The van der Waals surface area contributed by atoms with Crippen molar-refractivity contribution in [2.24, 2.45) is 0 Å². The van der Waals surface area contributed by atoms with Crippen molar-refractivity contribution >= 4 is 39.1 Å². The minimum absolute atomic E-state index is 0.257. The molecule has 0 bridgehead atoms. The van der Waals surface area contributed by atoms with Gasteiger partial charge in [0, 0.05) is 15.7 Å². The van der Waals surface area contributed by atoms with Gasteiger partial charge in [-0.05, 0) is 52.3 Å². The summed E-state index contributed by atoms with van der Waals surface area (Å²) in [6, 6.07) is 13.7. The lowest BCUT2D eigenvalue weighted by molar-refractivity contribution is 0.102. The number of nitrogens with zero attached hydrogens (tertiary/aromatic N) is 1. The van der Waals surface area contributed by atoms with Crippen LogP contribution in [0, 0.1) is 11.3 Å². The summed E-state index contributed by atoms with van der Waals surface area (Å²) >= 11 is 9.14. The molecule has 0 aliphatic carbocycles. The van der Waals surface area contributed by atoms with E-state index in [1.54, 1.807) is 42.5 Å². The Bertz CT molecular complexity index is 679. The Morgan fingerprint density at radius 1 is 1.26 bits per heavy atom. The van der Waals surface area contributed by atoms with Crippen LogP contribution >= 0.6 is 27.5 Å². The maximum absolute atomic E-state index is 12.0. The first-order valence-corrected chi connectivity index (χ1v) is 6.54. The lowest BCUT2D eigenvalue weighted by Gasteiger charge is -2.06. The van der Waals surface area contributed by atoms with Gasteiger partial charge in [0.1, 0.15) is 0 Å². The number of carbonyl (C=O) groups excluding carboxylic acids is 1. The lowest BCUT2D eigenvalue weighted by atomic mass is 10.2. The second kappa shape index (κ2) is 5.87. The van der Waals surface area contributed by atoms with Gasteiger partial charge in [-0.1, -0.05) is 17.7 Å². The Morgan fingerprint density at radius 3 is 2.74 bits per heavy atom. The van der Waals surface area contributed by atoms with Crippen molar-refractivity contribution in [1.29, 1.82) is 5.26 Å². The monoisotopic (exact) mass is 334 g/mol. The van der Waals surface area contributed by atoms with Gasteiger partial charge >= 0.3 is 0 Å². The van der Waals surface area contributed by atoms with Gasteiger partial charge in [0.05, 0.1) is 16.7 Å². The van der Waals surface area contributed by atoms with Gasteiger partial charge < -0.3 is 5.32 Å². The topological polar surface area (TPSA) is 52.9 Å². The molecule has 0 spiro atoms. The first-order valence-electron chi connectivity index (χ1n) is 5.37. The molecular formula is C14H8BrClN2O. The summed E-state index contributed by atoms with van der Waals surface area (Å²) in [4.78, 5) is 12.0. The molecule has 0 aromatic heterocycles. The molecule has 0 aliphatic heterocycles. The van der Waals surface area contributed by atoms with Crippen LogP contribution in [-0.4, -0.2) is 5.91 Å². The van der Waals surface area contributed by atoms with Crippen LogP contribution in [0.15, 0.2) is 46.9 Å². The van der Waals surface area contributed by atoms with E-state index in [1.807, 2.05) is 6.07 Å². The van der Waals surface area contributed by atoms with Crippen molar-refractivity contribution in [2.45, 2.75) is 0 Å². The summed E-state index contributed by atoms with van der Waals surface area (Å²) in [6.45, 7) is 0. The van der Waals surface area contributed by atoms with Crippen molar-refractivity contribution in [3.05, 3.63) is 63.1 Å². The number of anilines is 1. The first-order chi connectivity index (χ1) is 9.10. The van der Waals surface area contributed by atoms with E-state index in [0.29, 0.717) is 26.3 Å². The SMILES string of the molecule is N#Cc1cccc(NC(=O)c2ccc(Cl)c(Br)c2)c1. The van der Waals surface area contributed by atoms with Gasteiger partial charge in [-0.2, -0.15) is 5.26 Å². The number of hydrogen-bond donors (Lipinski definition) is 1. The van der Waals surface area contributed by atoms with Crippen LogP contribution in [0.3, 0.4) is 0 Å². The van der Waals surface area contributed by atoms with Crippen molar-refractivity contribution in [1.82, 2.24) is 0 Å². The van der Waals surface area contributed by atoms with Gasteiger partial charge in [0.15, 0.2) is 0 Å². The van der Waals surface area contributed by atoms with Crippen LogP contribution in [0.4, 0.5) is 5.69 Å². The van der Waals surface area contributed by atoms with E-state index in [-0.39, 0.29) is 5.91 Å². The van der Waals surface area contributed by atoms with Crippen LogP contribution in [0.2, 0.25) is 5.02 Å². The minimum Gasteiger partial charge on any atom is -0.322 e. The number of nitrogens with one attached hydrogen (secondary N) is 1. The number of hydrogen-bond acceptors (Lipinski definition) is 2. The normalized spacial score (nSPS) is 9.74. The number of halogens is 2. The van der Waals surface area contributed by atoms with E-state index in [9.17, 15) is 4.79 Å². The van der Waals surface area contributed by atoms with Gasteiger partial charge in [-0.3, -0.25) is 4.79 Å². The summed E-state index contributed by atoms with van der Waals surface area (Å²) < 4.78 is 0.660. The lowest BCUT2D eigenvalue weighted by Crippen LogP contribution is -2.11. The molecule has 0 radical (unpaired) electrons. The Balaban J connectivity index is 2.21. The fraction of sp³-hybridized carbons (Fsp3) is 0. The fourth-order valence-corrected chi connectivity index (χ4v) is 2.00. The number of rotatable bonds is 2. The zero-order valence-corrected chi connectivity index (χ0v) is 12.0. The highest BCUT2D eigenvalue weighted by atomic mass is 79.9. The van der Waals surface area contributed by atoms with Gasteiger partial charge in [0.25, 0.3) is 5.91 Å². The zero-order chi connectivity index (χ0) is 13.8. The molecule has 0 fully saturated rings. The highest BCUT2D eigenvalue weighted by Crippen LogP contribution is 2.23. The second-order valence-electron chi connectivity index (χ2n) is 3.78. The molecule has 1 N–H and O–H groups in total. The molecule has 19 heavy (non-hydrogen) atoms. The molecule has 94 valence electrons. The van der Waals surface area contributed by atoms with Gasteiger partial charge in [-0.15, -0.1) is 0 Å². The standard InChI is InChI=1S/C14H8BrClN2O/c15-12-7-10(4-5-13(12)16)14(19)18-11-3-1-2-9(6-11)8-17/h1-7H,(H,18,19). The average molecular weight is 336 g/mol.